The van der Waals surface area contributed by atoms with Gasteiger partial charge in [0.2, 0.25) is 0 Å². The molecule has 1 N–H and O–H groups in total. The van der Waals surface area contributed by atoms with Crippen molar-refractivity contribution in [2.24, 2.45) is 0 Å². The predicted octanol–water partition coefficient (Wildman–Crippen LogP) is 2.17. The molecule has 20 heavy (non-hydrogen) atoms. The molecule has 0 amide bonds. The van der Waals surface area contributed by atoms with Gasteiger partial charge in [-0.2, -0.15) is 5.10 Å². The molecule has 0 saturated heterocycles. The Hall–Kier alpha value is -0.620. The first-order chi connectivity index (χ1) is 9.51. The van der Waals surface area contributed by atoms with E-state index in [1.54, 1.807) is 6.20 Å². The Labute approximate surface area is 127 Å². The third-order valence-electron chi connectivity index (χ3n) is 3.21. The molecule has 0 saturated carbocycles. The highest BCUT2D eigenvalue weighted by Gasteiger charge is 2.25. The fraction of sp³-hybridized carbons (Fsp3) is 0.786. The Morgan fingerprint density at radius 1 is 1.45 bits per heavy atom. The van der Waals surface area contributed by atoms with Crippen LogP contribution in [0.1, 0.15) is 32.5 Å². The lowest BCUT2D eigenvalue weighted by Crippen LogP contribution is -2.34. The number of hydrogen-bond acceptors (Lipinski definition) is 4. The van der Waals surface area contributed by atoms with E-state index in [4.69, 9.17) is 16.3 Å². The number of nitrogens with one attached hydrogen (secondary N) is 1. The highest BCUT2D eigenvalue weighted by atomic mass is 35.5. The number of aromatic nitrogens is 2. The van der Waals surface area contributed by atoms with Crippen molar-refractivity contribution in [1.82, 2.24) is 20.0 Å². The highest BCUT2D eigenvalue weighted by molar-refractivity contribution is 6.31. The summed E-state index contributed by atoms with van der Waals surface area (Å²) in [4.78, 5) is 2.13. The normalized spacial score (nSPS) is 14.8. The Balaban J connectivity index is 2.96. The molecule has 0 aliphatic heterocycles. The van der Waals surface area contributed by atoms with Gasteiger partial charge in [-0.15, -0.1) is 0 Å². The van der Waals surface area contributed by atoms with Crippen LogP contribution < -0.4 is 5.32 Å². The van der Waals surface area contributed by atoms with Gasteiger partial charge in [-0.1, -0.05) is 18.5 Å². The number of nitrogens with zero attached hydrogens (tertiary/aromatic N) is 3. The molecule has 2 unspecified atom stereocenters. The van der Waals surface area contributed by atoms with E-state index in [-0.39, 0.29) is 12.1 Å². The van der Waals surface area contributed by atoms with Gasteiger partial charge in [0.1, 0.15) is 0 Å². The molecule has 1 aromatic rings. The van der Waals surface area contributed by atoms with E-state index in [1.807, 2.05) is 11.6 Å². The molecule has 0 bridgehead atoms. The molecule has 5 nitrogen and oxygen atoms in total. The van der Waals surface area contributed by atoms with Crippen molar-refractivity contribution in [3.05, 3.63) is 16.9 Å². The largest absolute Gasteiger partial charge is 0.377 e. The lowest BCUT2D eigenvalue weighted by molar-refractivity contribution is 0.0452. The molecule has 0 radical (unpaired) electrons. The van der Waals surface area contributed by atoms with Crippen molar-refractivity contribution in [3.8, 4) is 0 Å². The maximum atomic E-state index is 6.34. The zero-order chi connectivity index (χ0) is 15.1. The van der Waals surface area contributed by atoms with Crippen molar-refractivity contribution < 1.29 is 4.74 Å². The minimum absolute atomic E-state index is 0.0484. The second-order valence-corrected chi connectivity index (χ2v) is 5.51. The quantitative estimate of drug-likeness (QED) is 0.759. The number of rotatable bonds is 9. The monoisotopic (exact) mass is 302 g/mol. The molecule has 116 valence electrons. The van der Waals surface area contributed by atoms with Crippen LogP contribution >= 0.6 is 11.6 Å². The third-order valence-corrected chi connectivity index (χ3v) is 3.50. The second kappa shape index (κ2) is 8.62. The number of likely N-dealkylation sites (N-methyl/N-ethyl adjacent to an activating group) is 2. The van der Waals surface area contributed by atoms with Crippen LogP contribution in [0.15, 0.2) is 6.20 Å². The minimum Gasteiger partial charge on any atom is -0.377 e. The topological polar surface area (TPSA) is 42.3 Å². The number of hydrogen-bond donors (Lipinski definition) is 1. The molecule has 0 spiro atoms. The Morgan fingerprint density at radius 3 is 2.70 bits per heavy atom. The van der Waals surface area contributed by atoms with Crippen molar-refractivity contribution >= 4 is 11.6 Å². The molecular formula is C14H27ClN4O. The lowest BCUT2D eigenvalue weighted by atomic mass is 10.1. The van der Waals surface area contributed by atoms with E-state index >= 15 is 0 Å². The molecule has 1 rings (SSSR count). The average molecular weight is 303 g/mol. The predicted molar refractivity (Wildman–Crippen MR) is 83.3 cm³/mol. The van der Waals surface area contributed by atoms with E-state index in [9.17, 15) is 0 Å². The van der Waals surface area contributed by atoms with Crippen LogP contribution in [-0.2, 0) is 11.3 Å². The van der Waals surface area contributed by atoms with Crippen LogP contribution in [-0.4, -0.2) is 54.6 Å². The fourth-order valence-corrected chi connectivity index (χ4v) is 2.48. The molecule has 0 aliphatic rings. The van der Waals surface area contributed by atoms with Crippen LogP contribution in [0.3, 0.4) is 0 Å². The Kier molecular flexibility index (Phi) is 7.51. The van der Waals surface area contributed by atoms with Gasteiger partial charge >= 0.3 is 0 Å². The Morgan fingerprint density at radius 2 is 2.15 bits per heavy atom. The van der Waals surface area contributed by atoms with Gasteiger partial charge in [-0.3, -0.25) is 4.68 Å². The molecule has 6 heteroatoms. The molecule has 0 aromatic carbocycles. The second-order valence-electron chi connectivity index (χ2n) is 5.10. The van der Waals surface area contributed by atoms with Gasteiger partial charge in [0.05, 0.1) is 35.6 Å². The maximum Gasteiger partial charge on any atom is 0.0835 e. The van der Waals surface area contributed by atoms with Gasteiger partial charge in [0, 0.05) is 13.2 Å². The van der Waals surface area contributed by atoms with Crippen LogP contribution in [0.5, 0.6) is 0 Å². The van der Waals surface area contributed by atoms with Crippen molar-refractivity contribution in [2.45, 2.75) is 39.5 Å². The zero-order valence-electron chi connectivity index (χ0n) is 13.2. The van der Waals surface area contributed by atoms with Crippen LogP contribution in [0.4, 0.5) is 0 Å². The van der Waals surface area contributed by atoms with Crippen molar-refractivity contribution in [3.63, 3.8) is 0 Å². The zero-order valence-corrected chi connectivity index (χ0v) is 13.9. The van der Waals surface area contributed by atoms with Gasteiger partial charge in [0.25, 0.3) is 0 Å². The third kappa shape index (κ3) is 4.74. The van der Waals surface area contributed by atoms with Gasteiger partial charge in [-0.25, -0.2) is 0 Å². The number of halogens is 1. The lowest BCUT2D eigenvalue weighted by Gasteiger charge is -2.26. The average Bonchev–Trinajstić information content (AvgIpc) is 2.75. The molecule has 0 fully saturated rings. The van der Waals surface area contributed by atoms with Gasteiger partial charge in [0.15, 0.2) is 0 Å². The summed E-state index contributed by atoms with van der Waals surface area (Å²) in [5.74, 6) is 0. The van der Waals surface area contributed by atoms with Crippen LogP contribution in [0, 0.1) is 0 Å². The van der Waals surface area contributed by atoms with E-state index in [1.165, 1.54) is 0 Å². The molecule has 1 aromatic heterocycles. The van der Waals surface area contributed by atoms with E-state index < -0.39 is 0 Å². The summed E-state index contributed by atoms with van der Waals surface area (Å²) in [6.45, 7) is 9.44. The SMILES string of the molecule is CCNC(c1c(Cl)cnn1CCN(C)C)C(C)OCC. The summed E-state index contributed by atoms with van der Waals surface area (Å²) in [5.41, 5.74) is 1.01. The van der Waals surface area contributed by atoms with Crippen molar-refractivity contribution in [1.29, 1.82) is 0 Å². The first-order valence-corrected chi connectivity index (χ1v) is 7.59. The molecule has 1 heterocycles. The summed E-state index contributed by atoms with van der Waals surface area (Å²) < 4.78 is 7.72. The standard InChI is InChI=1S/C14H27ClN4O/c1-6-16-13(11(3)20-7-2)14-12(15)10-17-19(14)9-8-18(4)5/h10-11,13,16H,6-9H2,1-5H3. The first kappa shape index (κ1) is 17.4. The molecule has 0 aliphatic carbocycles. The minimum atomic E-state index is 0.0484. The van der Waals surface area contributed by atoms with Crippen molar-refractivity contribution in [2.75, 3.05) is 33.8 Å². The van der Waals surface area contributed by atoms with Gasteiger partial charge in [-0.05, 0) is 34.5 Å². The number of ether oxygens (including phenoxy) is 1. The first-order valence-electron chi connectivity index (χ1n) is 7.22. The molecular weight excluding hydrogens is 276 g/mol. The maximum absolute atomic E-state index is 6.34. The smallest absolute Gasteiger partial charge is 0.0835 e. The van der Waals surface area contributed by atoms with Gasteiger partial charge < -0.3 is 15.0 Å². The van der Waals surface area contributed by atoms with E-state index in [2.05, 4.69) is 43.3 Å². The molecule has 2 atom stereocenters. The fourth-order valence-electron chi connectivity index (χ4n) is 2.22. The summed E-state index contributed by atoms with van der Waals surface area (Å²) in [6.07, 6.45) is 1.77. The van der Waals surface area contributed by atoms with Crippen LogP contribution in [0.25, 0.3) is 0 Å². The summed E-state index contributed by atoms with van der Waals surface area (Å²) >= 11 is 6.34. The van der Waals surface area contributed by atoms with E-state index in [0.717, 1.165) is 25.3 Å². The summed E-state index contributed by atoms with van der Waals surface area (Å²) in [5, 5.41) is 8.55. The Bertz CT molecular complexity index is 395. The van der Waals surface area contributed by atoms with E-state index in [0.29, 0.717) is 11.6 Å². The summed E-state index contributed by atoms with van der Waals surface area (Å²) in [6, 6.07) is 0.0529. The highest BCUT2D eigenvalue weighted by Crippen LogP contribution is 2.26. The van der Waals surface area contributed by atoms with Crippen LogP contribution in [0.2, 0.25) is 5.02 Å². The summed E-state index contributed by atoms with van der Waals surface area (Å²) in [7, 11) is 4.10.